The molecule has 9 heteroatoms. The second kappa shape index (κ2) is 8.17. The summed E-state index contributed by atoms with van der Waals surface area (Å²) in [6, 6.07) is 6.27. The number of nitrogens with zero attached hydrogens (tertiary/aromatic N) is 1. The number of ether oxygens (including phenoxy) is 1. The van der Waals surface area contributed by atoms with Crippen molar-refractivity contribution in [3.05, 3.63) is 52.7 Å². The van der Waals surface area contributed by atoms with Crippen LogP contribution >= 0.6 is 11.6 Å². The van der Waals surface area contributed by atoms with Gasteiger partial charge in [0.25, 0.3) is 5.91 Å². The summed E-state index contributed by atoms with van der Waals surface area (Å²) in [5.74, 6) is -0.0224. The maximum absolute atomic E-state index is 12.8. The summed E-state index contributed by atoms with van der Waals surface area (Å²) in [6.07, 6.45) is -3.28. The summed E-state index contributed by atoms with van der Waals surface area (Å²) in [4.78, 5) is 16.2. The molecule has 0 atom stereocenters. The minimum Gasteiger partial charge on any atom is -0.383 e. The molecule has 0 fully saturated rings. The average molecular weight is 374 g/mol. The summed E-state index contributed by atoms with van der Waals surface area (Å²) in [5, 5.41) is 4.94. The number of carbonyl (C=O) groups is 1. The third-order valence-electron chi connectivity index (χ3n) is 3.17. The number of carbonyl (C=O) groups excluding carboxylic acids is 1. The van der Waals surface area contributed by atoms with Crippen LogP contribution in [0.25, 0.3) is 0 Å². The molecular formula is C16H15ClF3N3O2. The minimum absolute atomic E-state index is 0.0102. The molecule has 5 nitrogen and oxygen atoms in total. The van der Waals surface area contributed by atoms with Gasteiger partial charge in [-0.1, -0.05) is 11.6 Å². The van der Waals surface area contributed by atoms with Gasteiger partial charge in [0.1, 0.15) is 5.82 Å². The van der Waals surface area contributed by atoms with Gasteiger partial charge in [-0.3, -0.25) is 4.79 Å². The molecule has 25 heavy (non-hydrogen) atoms. The summed E-state index contributed by atoms with van der Waals surface area (Å²) in [5.41, 5.74) is -0.812. The fourth-order valence-electron chi connectivity index (χ4n) is 1.94. The van der Waals surface area contributed by atoms with Gasteiger partial charge in [0.15, 0.2) is 0 Å². The smallest absolute Gasteiger partial charge is 0.383 e. The highest BCUT2D eigenvalue weighted by molar-refractivity contribution is 6.31. The highest BCUT2D eigenvalue weighted by Crippen LogP contribution is 2.36. The molecule has 134 valence electrons. The molecule has 2 aromatic rings. The summed E-state index contributed by atoms with van der Waals surface area (Å²) >= 11 is 5.55. The Morgan fingerprint density at radius 3 is 2.64 bits per heavy atom. The van der Waals surface area contributed by atoms with Crippen LogP contribution in [0.2, 0.25) is 5.02 Å². The number of amides is 1. The largest absolute Gasteiger partial charge is 0.417 e. The van der Waals surface area contributed by atoms with E-state index in [4.69, 9.17) is 16.3 Å². The van der Waals surface area contributed by atoms with Crippen molar-refractivity contribution >= 4 is 29.0 Å². The van der Waals surface area contributed by atoms with Crippen LogP contribution in [0.15, 0.2) is 36.5 Å². The molecule has 0 radical (unpaired) electrons. The summed E-state index contributed by atoms with van der Waals surface area (Å²) < 4.78 is 43.4. The number of rotatable bonds is 6. The number of halogens is 4. The first-order valence-electron chi connectivity index (χ1n) is 7.18. The first-order chi connectivity index (χ1) is 11.8. The molecular weight excluding hydrogens is 359 g/mol. The first kappa shape index (κ1) is 19.0. The molecule has 2 N–H and O–H groups in total. The quantitative estimate of drug-likeness (QED) is 0.749. The molecule has 0 saturated heterocycles. The minimum atomic E-state index is -4.60. The SMILES string of the molecule is COCCNc1ccc(C(=O)Nc2ccc(Cl)c(C(F)(F)F)c2)cn1. The lowest BCUT2D eigenvalue weighted by Gasteiger charge is -2.12. The van der Waals surface area contributed by atoms with E-state index in [-0.39, 0.29) is 11.3 Å². The molecule has 0 saturated carbocycles. The van der Waals surface area contributed by atoms with Crippen LogP contribution in [0.3, 0.4) is 0 Å². The lowest BCUT2D eigenvalue weighted by molar-refractivity contribution is -0.137. The fourth-order valence-corrected chi connectivity index (χ4v) is 2.16. The number of anilines is 2. The Morgan fingerprint density at radius 1 is 1.28 bits per heavy atom. The molecule has 1 aromatic carbocycles. The Morgan fingerprint density at radius 2 is 2.04 bits per heavy atom. The molecule has 1 aromatic heterocycles. The molecule has 0 aliphatic carbocycles. The zero-order valence-corrected chi connectivity index (χ0v) is 13.9. The Hall–Kier alpha value is -2.32. The van der Waals surface area contributed by atoms with Gasteiger partial charge < -0.3 is 15.4 Å². The second-order valence-corrected chi connectivity index (χ2v) is 5.41. The average Bonchev–Trinajstić information content (AvgIpc) is 2.56. The lowest BCUT2D eigenvalue weighted by atomic mass is 10.2. The molecule has 0 aliphatic rings. The standard InChI is InChI=1S/C16H15ClF3N3O2/c1-25-7-6-21-14-5-2-10(9-22-14)15(24)23-11-3-4-13(17)12(8-11)16(18,19)20/h2-5,8-9H,6-7H2,1H3,(H,21,22)(H,23,24). The summed E-state index contributed by atoms with van der Waals surface area (Å²) in [7, 11) is 1.57. The van der Waals surface area contributed by atoms with Gasteiger partial charge in [0.05, 0.1) is 22.8 Å². The van der Waals surface area contributed by atoms with Crippen molar-refractivity contribution in [3.63, 3.8) is 0 Å². The molecule has 2 rings (SSSR count). The number of alkyl halides is 3. The monoisotopic (exact) mass is 373 g/mol. The van der Waals surface area contributed by atoms with Crippen molar-refractivity contribution < 1.29 is 22.7 Å². The number of hydrogen-bond donors (Lipinski definition) is 2. The first-order valence-corrected chi connectivity index (χ1v) is 7.56. The van der Waals surface area contributed by atoms with Crippen molar-refractivity contribution in [1.82, 2.24) is 4.98 Å². The van der Waals surface area contributed by atoms with Gasteiger partial charge in [0, 0.05) is 25.5 Å². The van der Waals surface area contributed by atoms with E-state index in [0.29, 0.717) is 19.0 Å². The number of aromatic nitrogens is 1. The van der Waals surface area contributed by atoms with Crippen molar-refractivity contribution in [3.8, 4) is 0 Å². The van der Waals surface area contributed by atoms with Crippen LogP contribution in [0.1, 0.15) is 15.9 Å². The van der Waals surface area contributed by atoms with E-state index in [1.54, 1.807) is 13.2 Å². The highest BCUT2D eigenvalue weighted by Gasteiger charge is 2.33. The van der Waals surface area contributed by atoms with Crippen molar-refractivity contribution in [1.29, 1.82) is 0 Å². The number of hydrogen-bond acceptors (Lipinski definition) is 4. The van der Waals surface area contributed by atoms with E-state index in [1.807, 2.05) is 0 Å². The van der Waals surface area contributed by atoms with Gasteiger partial charge >= 0.3 is 6.18 Å². The van der Waals surface area contributed by atoms with E-state index >= 15 is 0 Å². The van der Waals surface area contributed by atoms with Crippen molar-refractivity contribution in [2.75, 3.05) is 30.9 Å². The molecule has 1 heterocycles. The van der Waals surface area contributed by atoms with E-state index in [0.717, 1.165) is 12.1 Å². The maximum Gasteiger partial charge on any atom is 0.417 e. The number of nitrogens with one attached hydrogen (secondary N) is 2. The van der Waals surface area contributed by atoms with Gasteiger partial charge in [-0.15, -0.1) is 0 Å². The Bertz CT molecular complexity index is 736. The molecule has 1 amide bonds. The lowest BCUT2D eigenvalue weighted by Crippen LogP contribution is -2.14. The number of benzene rings is 1. The molecule has 0 bridgehead atoms. The van der Waals surface area contributed by atoms with Crippen LogP contribution in [0.4, 0.5) is 24.7 Å². The van der Waals surface area contributed by atoms with E-state index in [1.165, 1.54) is 18.3 Å². The van der Waals surface area contributed by atoms with E-state index in [2.05, 4.69) is 15.6 Å². The van der Waals surface area contributed by atoms with Gasteiger partial charge in [0.2, 0.25) is 0 Å². The maximum atomic E-state index is 12.8. The number of pyridine rings is 1. The molecule has 0 aliphatic heterocycles. The van der Waals surface area contributed by atoms with Crippen LogP contribution in [0.5, 0.6) is 0 Å². The topological polar surface area (TPSA) is 63.2 Å². The Balaban J connectivity index is 2.07. The predicted octanol–water partition coefficient (Wildman–Crippen LogP) is 4.06. The van der Waals surface area contributed by atoms with Crippen LogP contribution in [-0.4, -0.2) is 31.2 Å². The predicted molar refractivity (Wildman–Crippen MR) is 89.0 cm³/mol. The van der Waals surface area contributed by atoms with Gasteiger partial charge in [-0.25, -0.2) is 4.98 Å². The molecule has 0 unspecified atom stereocenters. The highest BCUT2D eigenvalue weighted by atomic mass is 35.5. The van der Waals surface area contributed by atoms with Crippen LogP contribution in [-0.2, 0) is 10.9 Å². The molecule has 0 spiro atoms. The van der Waals surface area contributed by atoms with E-state index < -0.39 is 22.7 Å². The van der Waals surface area contributed by atoms with Crippen molar-refractivity contribution in [2.24, 2.45) is 0 Å². The van der Waals surface area contributed by atoms with Crippen LogP contribution < -0.4 is 10.6 Å². The van der Waals surface area contributed by atoms with Crippen LogP contribution in [0, 0.1) is 0 Å². The Kier molecular flexibility index (Phi) is 6.22. The van der Waals surface area contributed by atoms with Crippen molar-refractivity contribution in [2.45, 2.75) is 6.18 Å². The number of methoxy groups -OCH3 is 1. The van der Waals surface area contributed by atoms with Gasteiger partial charge in [-0.05, 0) is 30.3 Å². The fraction of sp³-hybridized carbons (Fsp3) is 0.250. The second-order valence-electron chi connectivity index (χ2n) is 5.00. The van der Waals surface area contributed by atoms with E-state index in [9.17, 15) is 18.0 Å². The summed E-state index contributed by atoms with van der Waals surface area (Å²) in [6.45, 7) is 1.06. The third kappa shape index (κ3) is 5.33. The zero-order chi connectivity index (χ0) is 18.4. The zero-order valence-electron chi connectivity index (χ0n) is 13.2. The normalized spacial score (nSPS) is 11.2. The van der Waals surface area contributed by atoms with Gasteiger partial charge in [-0.2, -0.15) is 13.2 Å². The Labute approximate surface area is 147 Å². The third-order valence-corrected chi connectivity index (χ3v) is 3.50.